The van der Waals surface area contributed by atoms with Crippen LogP contribution in [0.3, 0.4) is 0 Å². The number of methoxy groups -OCH3 is 2. The number of benzene rings is 4. The fourth-order valence-corrected chi connectivity index (χ4v) is 4.19. The van der Waals surface area contributed by atoms with Crippen LogP contribution in [-0.2, 0) is 0 Å². The molecule has 0 fully saturated rings. The topological polar surface area (TPSA) is 78.3 Å². The first-order valence-corrected chi connectivity index (χ1v) is 11.2. The molecule has 0 aliphatic rings. The summed E-state index contributed by atoms with van der Waals surface area (Å²) in [6.07, 6.45) is 0. The molecule has 7 nitrogen and oxygen atoms in total. The zero-order valence-corrected chi connectivity index (χ0v) is 19.4. The van der Waals surface area contributed by atoms with Crippen LogP contribution in [0, 0.1) is 0 Å². The van der Waals surface area contributed by atoms with E-state index in [1.807, 2.05) is 89.6 Å². The Morgan fingerprint density at radius 1 is 0.829 bits per heavy atom. The van der Waals surface area contributed by atoms with Gasteiger partial charge in [0.15, 0.2) is 0 Å². The number of rotatable bonds is 7. The van der Waals surface area contributed by atoms with Gasteiger partial charge in [-0.25, -0.2) is 4.68 Å². The van der Waals surface area contributed by atoms with Crippen LogP contribution in [0.15, 0.2) is 97.1 Å². The van der Waals surface area contributed by atoms with Crippen molar-refractivity contribution in [2.45, 2.75) is 6.04 Å². The van der Waals surface area contributed by atoms with E-state index in [1.165, 1.54) is 0 Å². The van der Waals surface area contributed by atoms with Crippen LogP contribution in [0.1, 0.15) is 27.5 Å². The van der Waals surface area contributed by atoms with Gasteiger partial charge in [-0.15, -0.1) is 5.10 Å². The highest BCUT2D eigenvalue weighted by Crippen LogP contribution is 2.39. The Kier molecular flexibility index (Phi) is 6.13. The van der Waals surface area contributed by atoms with Crippen molar-refractivity contribution in [2.24, 2.45) is 0 Å². The van der Waals surface area contributed by atoms with Gasteiger partial charge in [0.05, 0.1) is 19.7 Å². The fraction of sp³-hybridized carbons (Fsp3) is 0.107. The van der Waals surface area contributed by atoms with Crippen LogP contribution < -0.4 is 14.8 Å². The number of para-hydroxylation sites is 2. The van der Waals surface area contributed by atoms with Crippen LogP contribution in [0.4, 0.5) is 5.69 Å². The first-order chi connectivity index (χ1) is 17.2. The van der Waals surface area contributed by atoms with Gasteiger partial charge in [0, 0.05) is 28.4 Å². The van der Waals surface area contributed by atoms with Gasteiger partial charge in [0.2, 0.25) is 0 Å². The first-order valence-electron chi connectivity index (χ1n) is 11.2. The van der Waals surface area contributed by atoms with Crippen molar-refractivity contribution in [1.82, 2.24) is 15.0 Å². The lowest BCUT2D eigenvalue weighted by Gasteiger charge is -2.24. The number of fused-ring (bicyclic) bond motifs is 1. The van der Waals surface area contributed by atoms with Gasteiger partial charge in [-0.1, -0.05) is 53.7 Å². The van der Waals surface area contributed by atoms with Crippen molar-refractivity contribution in [2.75, 3.05) is 19.5 Å². The molecule has 0 aliphatic carbocycles. The third kappa shape index (κ3) is 4.31. The van der Waals surface area contributed by atoms with Crippen molar-refractivity contribution >= 4 is 22.6 Å². The van der Waals surface area contributed by atoms with Crippen molar-refractivity contribution < 1.29 is 14.3 Å². The van der Waals surface area contributed by atoms with Gasteiger partial charge in [0.25, 0.3) is 5.91 Å². The summed E-state index contributed by atoms with van der Waals surface area (Å²) in [6.45, 7) is 0. The van der Waals surface area contributed by atoms with Gasteiger partial charge < -0.3 is 14.8 Å². The molecule has 1 N–H and O–H groups in total. The Bertz CT molecular complexity index is 1480. The Hall–Kier alpha value is -4.65. The number of aromatic nitrogens is 3. The summed E-state index contributed by atoms with van der Waals surface area (Å²) in [6, 6.07) is 29.9. The van der Waals surface area contributed by atoms with E-state index >= 15 is 0 Å². The number of amides is 1. The average molecular weight is 465 g/mol. The second-order valence-electron chi connectivity index (χ2n) is 7.94. The molecule has 0 radical (unpaired) electrons. The summed E-state index contributed by atoms with van der Waals surface area (Å²) in [5.41, 5.74) is 4.58. The van der Waals surface area contributed by atoms with E-state index in [2.05, 4.69) is 15.6 Å². The quantitative estimate of drug-likeness (QED) is 0.352. The van der Waals surface area contributed by atoms with Gasteiger partial charge in [-0.2, -0.15) is 0 Å². The lowest BCUT2D eigenvalue weighted by molar-refractivity contribution is 0.102. The van der Waals surface area contributed by atoms with Crippen molar-refractivity contribution in [1.29, 1.82) is 0 Å². The van der Waals surface area contributed by atoms with Crippen LogP contribution in [0.25, 0.3) is 11.0 Å². The number of hydrogen-bond acceptors (Lipinski definition) is 5. The highest BCUT2D eigenvalue weighted by molar-refractivity contribution is 6.04. The summed E-state index contributed by atoms with van der Waals surface area (Å²) in [7, 11) is 3.24. The predicted octanol–water partition coefficient (Wildman–Crippen LogP) is 5.34. The monoisotopic (exact) mass is 464 g/mol. The summed E-state index contributed by atoms with van der Waals surface area (Å²) < 4.78 is 13.0. The minimum absolute atomic E-state index is 0.193. The number of ether oxygens (including phenoxy) is 2. The molecule has 4 aromatic carbocycles. The summed E-state index contributed by atoms with van der Waals surface area (Å²) in [4.78, 5) is 13.0. The molecule has 5 rings (SSSR count). The van der Waals surface area contributed by atoms with E-state index in [0.29, 0.717) is 22.7 Å². The third-order valence-electron chi connectivity index (χ3n) is 5.90. The molecule has 1 amide bonds. The van der Waals surface area contributed by atoms with E-state index in [-0.39, 0.29) is 5.91 Å². The lowest BCUT2D eigenvalue weighted by atomic mass is 9.95. The number of nitrogens with zero attached hydrogens (tertiary/aromatic N) is 3. The second-order valence-corrected chi connectivity index (χ2v) is 7.94. The molecule has 0 bridgehead atoms. The third-order valence-corrected chi connectivity index (χ3v) is 5.90. The zero-order valence-electron chi connectivity index (χ0n) is 19.4. The Morgan fingerprint density at radius 3 is 2.37 bits per heavy atom. The minimum Gasteiger partial charge on any atom is -0.497 e. The van der Waals surface area contributed by atoms with Crippen molar-refractivity contribution in [3.05, 3.63) is 114 Å². The molecule has 0 aliphatic heterocycles. The number of carbonyl (C=O) groups is 1. The van der Waals surface area contributed by atoms with Crippen molar-refractivity contribution in [3.63, 3.8) is 0 Å². The highest BCUT2D eigenvalue weighted by Gasteiger charge is 2.26. The number of anilines is 1. The summed E-state index contributed by atoms with van der Waals surface area (Å²) in [5, 5.41) is 12.0. The molecular formula is C28H24N4O3. The molecule has 174 valence electrons. The van der Waals surface area contributed by atoms with Crippen LogP contribution >= 0.6 is 0 Å². The van der Waals surface area contributed by atoms with Gasteiger partial charge in [-0.05, 0) is 42.5 Å². The number of carbonyl (C=O) groups excluding carboxylic acids is 1. The smallest absolute Gasteiger partial charge is 0.255 e. The molecule has 5 aromatic rings. The van der Waals surface area contributed by atoms with E-state index in [4.69, 9.17) is 9.47 Å². The first kappa shape index (κ1) is 22.2. The zero-order chi connectivity index (χ0) is 24.2. The fourth-order valence-electron chi connectivity index (χ4n) is 4.19. The normalized spacial score (nSPS) is 11.7. The SMILES string of the molecule is COc1ccc(C(c2ccccc2NC(=O)c2ccccc2)n2nnc3ccccc32)c(OC)c1. The molecule has 0 spiro atoms. The maximum absolute atomic E-state index is 13.0. The second kappa shape index (κ2) is 9.69. The Balaban J connectivity index is 1.69. The van der Waals surface area contributed by atoms with Gasteiger partial charge in [-0.3, -0.25) is 4.79 Å². The molecule has 35 heavy (non-hydrogen) atoms. The maximum Gasteiger partial charge on any atom is 0.255 e. The minimum atomic E-state index is -0.435. The highest BCUT2D eigenvalue weighted by atomic mass is 16.5. The Labute approximate surface area is 202 Å². The standard InChI is InChI=1S/C28H24N4O3/c1-34-20-16-17-22(26(18-20)35-2)27(32-25-15-9-8-14-24(25)30-31-32)21-12-6-7-13-23(21)29-28(33)19-10-4-3-5-11-19/h3-18,27H,1-2H3,(H,29,33). The summed E-state index contributed by atoms with van der Waals surface area (Å²) >= 11 is 0. The largest absolute Gasteiger partial charge is 0.497 e. The van der Waals surface area contributed by atoms with E-state index < -0.39 is 6.04 Å². The number of nitrogens with one attached hydrogen (secondary N) is 1. The van der Waals surface area contributed by atoms with Crippen LogP contribution in [0.5, 0.6) is 11.5 Å². The molecule has 1 unspecified atom stereocenters. The van der Waals surface area contributed by atoms with E-state index in [1.54, 1.807) is 26.4 Å². The molecule has 1 heterocycles. The average Bonchev–Trinajstić information content (AvgIpc) is 3.34. The van der Waals surface area contributed by atoms with Gasteiger partial charge >= 0.3 is 0 Å². The van der Waals surface area contributed by atoms with E-state index in [0.717, 1.165) is 22.2 Å². The molecule has 0 saturated carbocycles. The molecule has 7 heteroatoms. The maximum atomic E-state index is 13.0. The van der Waals surface area contributed by atoms with E-state index in [9.17, 15) is 4.79 Å². The van der Waals surface area contributed by atoms with Crippen LogP contribution in [-0.4, -0.2) is 35.1 Å². The number of hydrogen-bond donors (Lipinski definition) is 1. The van der Waals surface area contributed by atoms with Gasteiger partial charge in [0.1, 0.15) is 23.1 Å². The van der Waals surface area contributed by atoms with Crippen molar-refractivity contribution in [3.8, 4) is 11.5 Å². The van der Waals surface area contributed by atoms with Crippen LogP contribution in [0.2, 0.25) is 0 Å². The molecule has 0 saturated heterocycles. The predicted molar refractivity (Wildman–Crippen MR) is 135 cm³/mol. The lowest BCUT2D eigenvalue weighted by Crippen LogP contribution is -2.19. The Morgan fingerprint density at radius 2 is 1.57 bits per heavy atom. The summed E-state index contributed by atoms with van der Waals surface area (Å²) in [5.74, 6) is 1.12. The molecule has 1 aromatic heterocycles. The molecular weight excluding hydrogens is 440 g/mol. The molecule has 1 atom stereocenters.